The fraction of sp³-hybridized carbons (Fsp3) is 0.562. The maximum Gasteiger partial charge on any atom is 0.325 e. The number of ether oxygens (including phenoxy) is 2. The predicted octanol–water partition coefficient (Wildman–Crippen LogP) is 2.92. The number of para-hydroxylation sites is 1. The van der Waals surface area contributed by atoms with Crippen LogP contribution in [0.5, 0.6) is 5.75 Å². The summed E-state index contributed by atoms with van der Waals surface area (Å²) in [4.78, 5) is 11.9. The van der Waals surface area contributed by atoms with Gasteiger partial charge in [-0.2, -0.15) is 0 Å². The molecular weight excluding hydrogens is 273 g/mol. The largest absolute Gasteiger partial charge is 0.491 e. The second-order valence-corrected chi connectivity index (χ2v) is 5.13. The van der Waals surface area contributed by atoms with Crippen LogP contribution in [0, 0.1) is 5.82 Å². The minimum absolute atomic E-state index is 0.235. The van der Waals surface area contributed by atoms with Crippen LogP contribution < -0.4 is 10.1 Å². The molecule has 0 aliphatic heterocycles. The Kier molecular flexibility index (Phi) is 7.15. The number of carbonyl (C=O) groups excluding carboxylic acids is 1. The highest BCUT2D eigenvalue weighted by molar-refractivity contribution is 5.80. The van der Waals surface area contributed by atoms with Gasteiger partial charge in [0.2, 0.25) is 0 Å². The Bertz CT molecular complexity index is 453. The van der Waals surface area contributed by atoms with Gasteiger partial charge in [0.1, 0.15) is 5.54 Å². The molecule has 0 heterocycles. The van der Waals surface area contributed by atoms with Crippen molar-refractivity contribution in [3.63, 3.8) is 0 Å². The first-order chi connectivity index (χ1) is 10.0. The van der Waals surface area contributed by atoms with Crippen LogP contribution in [-0.2, 0) is 9.53 Å². The summed E-state index contributed by atoms with van der Waals surface area (Å²) in [7, 11) is 1.38. The van der Waals surface area contributed by atoms with Gasteiger partial charge in [-0.3, -0.25) is 4.79 Å². The van der Waals surface area contributed by atoms with Crippen molar-refractivity contribution >= 4 is 5.97 Å². The molecule has 4 nitrogen and oxygen atoms in total. The van der Waals surface area contributed by atoms with Crippen LogP contribution in [0.4, 0.5) is 4.39 Å². The van der Waals surface area contributed by atoms with E-state index in [1.807, 2.05) is 13.8 Å². The van der Waals surface area contributed by atoms with Crippen LogP contribution in [0.1, 0.15) is 33.1 Å². The summed E-state index contributed by atoms with van der Waals surface area (Å²) in [6.07, 6.45) is 2.11. The molecule has 0 aromatic heterocycles. The van der Waals surface area contributed by atoms with Gasteiger partial charge >= 0.3 is 5.97 Å². The number of halogens is 1. The Hall–Kier alpha value is -1.62. The second kappa shape index (κ2) is 8.62. The number of benzene rings is 1. The highest BCUT2D eigenvalue weighted by Crippen LogP contribution is 2.18. The molecule has 0 aliphatic carbocycles. The number of methoxy groups -OCH3 is 1. The Morgan fingerprint density at radius 3 is 2.71 bits per heavy atom. The first-order valence-corrected chi connectivity index (χ1v) is 7.24. The Morgan fingerprint density at radius 1 is 1.38 bits per heavy atom. The van der Waals surface area contributed by atoms with E-state index < -0.39 is 5.54 Å². The van der Waals surface area contributed by atoms with Crippen LogP contribution in [0.25, 0.3) is 0 Å². The van der Waals surface area contributed by atoms with Gasteiger partial charge < -0.3 is 14.8 Å². The first kappa shape index (κ1) is 17.4. The Morgan fingerprint density at radius 2 is 2.10 bits per heavy atom. The quantitative estimate of drug-likeness (QED) is 0.562. The van der Waals surface area contributed by atoms with Gasteiger partial charge in [0, 0.05) is 0 Å². The van der Waals surface area contributed by atoms with E-state index in [2.05, 4.69) is 5.32 Å². The molecule has 0 saturated heterocycles. The lowest BCUT2D eigenvalue weighted by molar-refractivity contribution is -0.148. The zero-order chi connectivity index (χ0) is 15.7. The van der Waals surface area contributed by atoms with Crippen LogP contribution in [0.15, 0.2) is 24.3 Å². The lowest BCUT2D eigenvalue weighted by Gasteiger charge is -2.28. The topological polar surface area (TPSA) is 47.6 Å². The molecule has 0 bridgehead atoms. The van der Waals surface area contributed by atoms with E-state index in [-0.39, 0.29) is 17.5 Å². The van der Waals surface area contributed by atoms with E-state index in [1.165, 1.54) is 13.2 Å². The summed E-state index contributed by atoms with van der Waals surface area (Å²) in [6, 6.07) is 6.28. The van der Waals surface area contributed by atoms with E-state index in [9.17, 15) is 9.18 Å². The standard InChI is InChI=1S/C16H24FNO3/c1-4-11-18-16(2,15(19)20-3)10-7-12-21-14-9-6-5-8-13(14)17/h5-6,8-9,18H,4,7,10-12H2,1-3H3. The van der Waals surface area contributed by atoms with Crippen molar-refractivity contribution < 1.29 is 18.7 Å². The average Bonchev–Trinajstić information content (AvgIpc) is 2.50. The summed E-state index contributed by atoms with van der Waals surface area (Å²) in [5, 5.41) is 3.20. The van der Waals surface area contributed by atoms with Crippen molar-refractivity contribution in [3.05, 3.63) is 30.1 Å². The third kappa shape index (κ3) is 5.34. The van der Waals surface area contributed by atoms with Crippen LogP contribution >= 0.6 is 0 Å². The third-order valence-electron chi connectivity index (χ3n) is 3.32. The van der Waals surface area contributed by atoms with Crippen molar-refractivity contribution in [3.8, 4) is 5.75 Å². The molecule has 0 fully saturated rings. The number of carbonyl (C=O) groups is 1. The van der Waals surface area contributed by atoms with Gasteiger partial charge in [-0.05, 0) is 44.9 Å². The molecule has 1 atom stereocenters. The van der Waals surface area contributed by atoms with Gasteiger partial charge in [-0.15, -0.1) is 0 Å². The molecule has 1 unspecified atom stereocenters. The van der Waals surface area contributed by atoms with Gasteiger partial charge in [-0.25, -0.2) is 4.39 Å². The van der Waals surface area contributed by atoms with Crippen molar-refractivity contribution in [1.82, 2.24) is 5.32 Å². The number of nitrogens with one attached hydrogen (secondary N) is 1. The zero-order valence-corrected chi connectivity index (χ0v) is 12.9. The lowest BCUT2D eigenvalue weighted by Crippen LogP contribution is -2.50. The number of esters is 1. The van der Waals surface area contributed by atoms with Crippen molar-refractivity contribution in [2.45, 2.75) is 38.6 Å². The maximum atomic E-state index is 13.4. The van der Waals surface area contributed by atoms with Crippen molar-refractivity contribution in [2.75, 3.05) is 20.3 Å². The summed E-state index contributed by atoms with van der Waals surface area (Å²) in [6.45, 7) is 4.94. The molecule has 0 saturated carbocycles. The van der Waals surface area contributed by atoms with E-state index in [4.69, 9.17) is 9.47 Å². The van der Waals surface area contributed by atoms with Crippen LogP contribution in [0.2, 0.25) is 0 Å². The molecule has 0 spiro atoms. The van der Waals surface area contributed by atoms with Crippen LogP contribution in [-0.4, -0.2) is 31.8 Å². The second-order valence-electron chi connectivity index (χ2n) is 5.13. The molecule has 1 rings (SSSR count). The SMILES string of the molecule is CCCNC(C)(CCCOc1ccccc1F)C(=O)OC. The molecule has 0 aliphatic rings. The third-order valence-corrected chi connectivity index (χ3v) is 3.32. The Balaban J connectivity index is 2.46. The van der Waals surface area contributed by atoms with E-state index >= 15 is 0 Å². The van der Waals surface area contributed by atoms with E-state index in [0.717, 1.165) is 13.0 Å². The molecule has 1 aromatic rings. The van der Waals surface area contributed by atoms with Crippen molar-refractivity contribution in [2.24, 2.45) is 0 Å². The first-order valence-electron chi connectivity index (χ1n) is 7.24. The zero-order valence-electron chi connectivity index (χ0n) is 12.9. The number of rotatable bonds is 9. The van der Waals surface area contributed by atoms with Gasteiger partial charge in [-0.1, -0.05) is 19.1 Å². The summed E-state index contributed by atoms with van der Waals surface area (Å²) < 4.78 is 23.6. The van der Waals surface area contributed by atoms with E-state index in [1.54, 1.807) is 18.2 Å². The summed E-state index contributed by atoms with van der Waals surface area (Å²) >= 11 is 0. The average molecular weight is 297 g/mol. The van der Waals surface area contributed by atoms with Gasteiger partial charge in [0.15, 0.2) is 11.6 Å². The van der Waals surface area contributed by atoms with Gasteiger partial charge in [0.25, 0.3) is 0 Å². The maximum absolute atomic E-state index is 13.4. The molecule has 0 amide bonds. The minimum Gasteiger partial charge on any atom is -0.491 e. The molecule has 1 aromatic carbocycles. The molecule has 0 radical (unpaired) electrons. The van der Waals surface area contributed by atoms with Crippen molar-refractivity contribution in [1.29, 1.82) is 0 Å². The smallest absolute Gasteiger partial charge is 0.325 e. The Labute approximate surface area is 125 Å². The van der Waals surface area contributed by atoms with E-state index in [0.29, 0.717) is 19.4 Å². The minimum atomic E-state index is -0.733. The van der Waals surface area contributed by atoms with Crippen LogP contribution in [0.3, 0.4) is 0 Å². The fourth-order valence-electron chi connectivity index (χ4n) is 2.06. The molecule has 1 N–H and O–H groups in total. The summed E-state index contributed by atoms with van der Waals surface area (Å²) in [5.41, 5.74) is -0.733. The normalized spacial score (nSPS) is 13.5. The highest BCUT2D eigenvalue weighted by Gasteiger charge is 2.32. The predicted molar refractivity (Wildman–Crippen MR) is 79.8 cm³/mol. The fourth-order valence-corrected chi connectivity index (χ4v) is 2.06. The molecule has 21 heavy (non-hydrogen) atoms. The molecule has 5 heteroatoms. The molecular formula is C16H24FNO3. The number of hydrogen-bond acceptors (Lipinski definition) is 4. The van der Waals surface area contributed by atoms with Gasteiger partial charge in [0.05, 0.1) is 13.7 Å². The highest BCUT2D eigenvalue weighted by atomic mass is 19.1. The summed E-state index contributed by atoms with van der Waals surface area (Å²) in [5.74, 6) is -0.432. The lowest BCUT2D eigenvalue weighted by atomic mass is 9.96. The monoisotopic (exact) mass is 297 g/mol. The number of hydrogen-bond donors (Lipinski definition) is 1. The molecule has 118 valence electrons.